The van der Waals surface area contributed by atoms with E-state index in [4.69, 9.17) is 0 Å². The van der Waals surface area contributed by atoms with Gasteiger partial charge in [0.15, 0.2) is 23.3 Å². The van der Waals surface area contributed by atoms with E-state index in [1.165, 1.54) is 7.05 Å². The van der Waals surface area contributed by atoms with Crippen LogP contribution < -0.4 is 10.6 Å². The molecule has 0 saturated carbocycles. The van der Waals surface area contributed by atoms with Crippen molar-refractivity contribution in [1.29, 1.82) is 0 Å². The van der Waals surface area contributed by atoms with Crippen molar-refractivity contribution in [2.75, 3.05) is 24.2 Å². The van der Waals surface area contributed by atoms with E-state index in [1.54, 1.807) is 0 Å². The zero-order valence-corrected chi connectivity index (χ0v) is 10.6. The maximum Gasteiger partial charge on any atom is 0.168 e. The van der Waals surface area contributed by atoms with Crippen molar-refractivity contribution in [3.63, 3.8) is 0 Å². The molecule has 0 bridgehead atoms. The largest absolute Gasteiger partial charge is 0.371 e. The molecule has 0 atom stereocenters. The van der Waals surface area contributed by atoms with Gasteiger partial charge in [-0.05, 0) is 12.0 Å². The van der Waals surface area contributed by atoms with Crippen LogP contribution in [-0.4, -0.2) is 18.6 Å². The number of benzene rings is 1. The van der Waals surface area contributed by atoms with Crippen molar-refractivity contribution in [2.24, 2.45) is 0 Å². The van der Waals surface area contributed by atoms with E-state index in [-0.39, 0.29) is 11.6 Å². The average molecular weight is 263 g/mol. The predicted octanol–water partition coefficient (Wildman–Crippen LogP) is 3.06. The SMILES string of the molecule is CNc1nc(NCCc2ccccc2)c(F)cc1F. The highest BCUT2D eigenvalue weighted by atomic mass is 19.1. The molecular weight excluding hydrogens is 248 g/mol. The summed E-state index contributed by atoms with van der Waals surface area (Å²) in [7, 11) is 1.54. The lowest BCUT2D eigenvalue weighted by Crippen LogP contribution is -2.10. The molecule has 0 amide bonds. The van der Waals surface area contributed by atoms with Crippen molar-refractivity contribution in [3.8, 4) is 0 Å². The van der Waals surface area contributed by atoms with Crippen LogP contribution in [0.1, 0.15) is 5.56 Å². The van der Waals surface area contributed by atoms with E-state index < -0.39 is 11.6 Å². The second-order valence-electron chi connectivity index (χ2n) is 4.06. The third kappa shape index (κ3) is 3.40. The molecule has 2 N–H and O–H groups in total. The molecule has 1 heterocycles. The second-order valence-corrected chi connectivity index (χ2v) is 4.06. The number of hydrogen-bond donors (Lipinski definition) is 2. The molecule has 1 aromatic carbocycles. The number of aromatic nitrogens is 1. The highest BCUT2D eigenvalue weighted by Crippen LogP contribution is 2.18. The van der Waals surface area contributed by atoms with Crippen molar-refractivity contribution >= 4 is 11.6 Å². The lowest BCUT2D eigenvalue weighted by molar-refractivity contribution is 0.578. The van der Waals surface area contributed by atoms with Gasteiger partial charge in [0.05, 0.1) is 0 Å². The topological polar surface area (TPSA) is 37.0 Å². The molecule has 0 fully saturated rings. The van der Waals surface area contributed by atoms with Crippen LogP contribution in [0.5, 0.6) is 0 Å². The van der Waals surface area contributed by atoms with E-state index in [9.17, 15) is 8.78 Å². The smallest absolute Gasteiger partial charge is 0.168 e. The van der Waals surface area contributed by atoms with E-state index in [0.29, 0.717) is 6.54 Å². The Morgan fingerprint density at radius 1 is 1.05 bits per heavy atom. The van der Waals surface area contributed by atoms with Gasteiger partial charge in [0.25, 0.3) is 0 Å². The molecule has 0 radical (unpaired) electrons. The van der Waals surface area contributed by atoms with Crippen molar-refractivity contribution in [3.05, 3.63) is 53.6 Å². The summed E-state index contributed by atoms with van der Waals surface area (Å²) in [5.74, 6) is -1.30. The first kappa shape index (κ1) is 13.3. The predicted molar refractivity (Wildman–Crippen MR) is 72.3 cm³/mol. The van der Waals surface area contributed by atoms with Gasteiger partial charge in [0.2, 0.25) is 0 Å². The number of hydrogen-bond acceptors (Lipinski definition) is 3. The minimum atomic E-state index is -0.700. The molecule has 19 heavy (non-hydrogen) atoms. The first-order chi connectivity index (χ1) is 9.20. The Hall–Kier alpha value is -2.17. The minimum Gasteiger partial charge on any atom is -0.371 e. The number of halogens is 2. The minimum absolute atomic E-state index is 0.0311. The molecule has 0 aliphatic heterocycles. The zero-order valence-electron chi connectivity index (χ0n) is 10.6. The monoisotopic (exact) mass is 263 g/mol. The maximum absolute atomic E-state index is 13.5. The summed E-state index contributed by atoms with van der Waals surface area (Å²) in [5, 5.41) is 5.45. The van der Waals surface area contributed by atoms with Crippen molar-refractivity contribution in [1.82, 2.24) is 4.98 Å². The van der Waals surface area contributed by atoms with E-state index >= 15 is 0 Å². The summed E-state index contributed by atoms with van der Waals surface area (Å²) < 4.78 is 26.7. The highest BCUT2D eigenvalue weighted by Gasteiger charge is 2.10. The van der Waals surface area contributed by atoms with Crippen molar-refractivity contribution < 1.29 is 8.78 Å². The summed E-state index contributed by atoms with van der Waals surface area (Å²) >= 11 is 0. The molecule has 2 rings (SSSR count). The molecule has 5 heteroatoms. The molecule has 0 aliphatic carbocycles. The Balaban J connectivity index is 2.00. The molecule has 2 aromatic rings. The Morgan fingerprint density at radius 2 is 1.74 bits per heavy atom. The highest BCUT2D eigenvalue weighted by molar-refractivity contribution is 5.47. The van der Waals surface area contributed by atoms with Crippen molar-refractivity contribution in [2.45, 2.75) is 6.42 Å². The third-order valence-corrected chi connectivity index (χ3v) is 2.72. The number of anilines is 2. The lowest BCUT2D eigenvalue weighted by Gasteiger charge is -2.09. The summed E-state index contributed by atoms with van der Waals surface area (Å²) in [6.07, 6.45) is 0.744. The van der Waals surface area contributed by atoms with Gasteiger partial charge in [-0.3, -0.25) is 0 Å². The summed E-state index contributed by atoms with van der Waals surface area (Å²) in [6, 6.07) is 10.7. The molecule has 1 aromatic heterocycles. The average Bonchev–Trinajstić information content (AvgIpc) is 2.42. The lowest BCUT2D eigenvalue weighted by atomic mass is 10.1. The molecule has 0 unspecified atom stereocenters. The van der Waals surface area contributed by atoms with Gasteiger partial charge in [-0.15, -0.1) is 0 Å². The molecule has 0 saturated heterocycles. The van der Waals surface area contributed by atoms with E-state index in [1.807, 2.05) is 30.3 Å². The normalized spacial score (nSPS) is 10.3. The molecule has 100 valence electrons. The Labute approximate surface area is 110 Å². The van der Waals surface area contributed by atoms with Crippen LogP contribution in [0.4, 0.5) is 20.4 Å². The zero-order chi connectivity index (χ0) is 13.7. The van der Waals surface area contributed by atoms with Gasteiger partial charge >= 0.3 is 0 Å². The van der Waals surface area contributed by atoms with Gasteiger partial charge < -0.3 is 10.6 Å². The van der Waals surface area contributed by atoms with Gasteiger partial charge in [0, 0.05) is 19.7 Å². The standard InChI is InChI=1S/C14H15F2N3/c1-17-13-11(15)9-12(16)14(19-13)18-8-7-10-5-3-2-4-6-10/h2-6,9H,7-8H2,1H3,(H2,17,18,19). The number of nitrogens with zero attached hydrogens (tertiary/aromatic N) is 1. The van der Waals surface area contributed by atoms with Crippen LogP contribution in [0.15, 0.2) is 36.4 Å². The first-order valence-corrected chi connectivity index (χ1v) is 6.02. The second kappa shape index (κ2) is 6.13. The fraction of sp³-hybridized carbons (Fsp3) is 0.214. The number of rotatable bonds is 5. The summed E-state index contributed by atoms with van der Waals surface area (Å²) in [6.45, 7) is 0.530. The van der Waals surface area contributed by atoms with Gasteiger partial charge in [0.1, 0.15) is 0 Å². The summed E-state index contributed by atoms with van der Waals surface area (Å²) in [4.78, 5) is 3.85. The van der Waals surface area contributed by atoms with Gasteiger partial charge in [-0.1, -0.05) is 30.3 Å². The van der Waals surface area contributed by atoms with Crippen LogP contribution in [0.2, 0.25) is 0 Å². The van der Waals surface area contributed by atoms with E-state index in [0.717, 1.165) is 18.1 Å². The van der Waals surface area contributed by atoms with Gasteiger partial charge in [-0.2, -0.15) is 0 Å². The summed E-state index contributed by atoms with van der Waals surface area (Å²) in [5.41, 5.74) is 1.14. The van der Waals surface area contributed by atoms with Gasteiger partial charge in [-0.25, -0.2) is 13.8 Å². The fourth-order valence-corrected chi connectivity index (χ4v) is 1.74. The molecule has 0 aliphatic rings. The molecule has 3 nitrogen and oxygen atoms in total. The van der Waals surface area contributed by atoms with Crippen LogP contribution in [0, 0.1) is 11.6 Å². The Bertz CT molecular complexity index is 544. The molecular formula is C14H15F2N3. The number of nitrogens with one attached hydrogen (secondary N) is 2. The Morgan fingerprint density at radius 3 is 2.42 bits per heavy atom. The third-order valence-electron chi connectivity index (χ3n) is 2.72. The van der Waals surface area contributed by atoms with E-state index in [2.05, 4.69) is 15.6 Å². The van der Waals surface area contributed by atoms with Crippen LogP contribution >= 0.6 is 0 Å². The quantitative estimate of drug-likeness (QED) is 0.870. The van der Waals surface area contributed by atoms with Crippen LogP contribution in [0.25, 0.3) is 0 Å². The maximum atomic E-state index is 13.5. The first-order valence-electron chi connectivity index (χ1n) is 6.02. The Kier molecular flexibility index (Phi) is 4.28. The van der Waals surface area contributed by atoms with Crippen LogP contribution in [0.3, 0.4) is 0 Å². The molecule has 0 spiro atoms. The fourth-order valence-electron chi connectivity index (χ4n) is 1.74. The number of pyridine rings is 1. The van der Waals surface area contributed by atoms with Crippen LogP contribution in [-0.2, 0) is 6.42 Å².